The highest BCUT2D eigenvalue weighted by atomic mass is 127. The topological polar surface area (TPSA) is 74.8 Å². The highest BCUT2D eigenvalue weighted by Crippen LogP contribution is 2.13. The number of nitrogens with one attached hydrogen (secondary N) is 3. The monoisotopic (exact) mass is 528 g/mol. The molecule has 1 unspecified atom stereocenters. The van der Waals surface area contributed by atoms with Crippen molar-refractivity contribution in [3.05, 3.63) is 65.5 Å². The summed E-state index contributed by atoms with van der Waals surface area (Å²) in [4.78, 5) is 16.3. The third-order valence-corrected chi connectivity index (χ3v) is 4.12. The van der Waals surface area contributed by atoms with Crippen LogP contribution in [0.25, 0.3) is 0 Å². The molecule has 0 aliphatic carbocycles. The number of guanidine groups is 1. The molecule has 0 saturated carbocycles. The molecule has 2 aromatic rings. The number of carbonyl (C=O) groups is 1. The predicted octanol–water partition coefficient (Wildman–Crippen LogP) is 3.37. The molecule has 0 fully saturated rings. The first-order valence-electron chi connectivity index (χ1n) is 9.77. The molecule has 3 N–H and O–H groups in total. The van der Waals surface area contributed by atoms with Gasteiger partial charge < -0.3 is 20.7 Å². The Kier molecular flexibility index (Phi) is 11.8. The van der Waals surface area contributed by atoms with Crippen LogP contribution < -0.4 is 20.7 Å². The van der Waals surface area contributed by atoms with Gasteiger partial charge in [0, 0.05) is 25.7 Å². The molecular weight excluding hydrogens is 498 g/mol. The number of hydrogen-bond acceptors (Lipinski definition) is 3. The van der Waals surface area contributed by atoms with Gasteiger partial charge in [0.05, 0.1) is 6.54 Å². The molecule has 0 aliphatic heterocycles. The molecule has 2 aromatic carbocycles. The molecule has 0 aliphatic rings. The Morgan fingerprint density at radius 1 is 1.17 bits per heavy atom. The molecule has 0 spiro atoms. The molecule has 2 rings (SSSR count). The summed E-state index contributed by atoms with van der Waals surface area (Å²) in [6.45, 7) is 5.80. The highest BCUT2D eigenvalue weighted by Gasteiger charge is 2.06. The maximum Gasteiger partial charge on any atom is 0.251 e. The van der Waals surface area contributed by atoms with Gasteiger partial charge in [0.25, 0.3) is 5.91 Å². The summed E-state index contributed by atoms with van der Waals surface area (Å²) in [6, 6.07) is 13.5. The van der Waals surface area contributed by atoms with Gasteiger partial charge in [-0.15, -0.1) is 24.0 Å². The fraction of sp³-hybridized carbons (Fsp3) is 0.364. The van der Waals surface area contributed by atoms with Crippen molar-refractivity contribution in [3.63, 3.8) is 0 Å². The van der Waals surface area contributed by atoms with Crippen LogP contribution in [0.15, 0.2) is 53.5 Å². The SMILES string of the molecule is CCNC(=NCC(C)Oc1ccc(F)cc1)NCCc1cccc(C(=O)NC)c1.I. The zero-order valence-electron chi connectivity index (χ0n) is 17.6. The summed E-state index contributed by atoms with van der Waals surface area (Å²) in [5.41, 5.74) is 1.72. The Morgan fingerprint density at radius 3 is 2.57 bits per heavy atom. The molecule has 30 heavy (non-hydrogen) atoms. The minimum atomic E-state index is -0.289. The van der Waals surface area contributed by atoms with Gasteiger partial charge in [0.1, 0.15) is 17.7 Å². The molecule has 0 saturated heterocycles. The van der Waals surface area contributed by atoms with E-state index in [0.717, 1.165) is 18.5 Å². The van der Waals surface area contributed by atoms with E-state index >= 15 is 0 Å². The van der Waals surface area contributed by atoms with Crippen LogP contribution >= 0.6 is 24.0 Å². The van der Waals surface area contributed by atoms with Crippen molar-refractivity contribution in [1.82, 2.24) is 16.0 Å². The van der Waals surface area contributed by atoms with Crippen molar-refractivity contribution in [1.29, 1.82) is 0 Å². The molecule has 164 valence electrons. The maximum atomic E-state index is 13.0. The fourth-order valence-corrected chi connectivity index (χ4v) is 2.68. The number of amides is 1. The lowest BCUT2D eigenvalue weighted by Gasteiger charge is -2.15. The standard InChI is InChI=1S/C22H29FN4O2.HI/c1-4-25-22(27-15-16(2)29-20-10-8-19(23)9-11-20)26-13-12-17-6-5-7-18(14-17)21(28)24-3;/h5-11,14,16H,4,12-13,15H2,1-3H3,(H,24,28)(H2,25,26,27);1H. The minimum Gasteiger partial charge on any atom is -0.489 e. The van der Waals surface area contributed by atoms with Crippen molar-refractivity contribution >= 4 is 35.8 Å². The molecule has 1 amide bonds. The normalized spacial score (nSPS) is 11.8. The van der Waals surface area contributed by atoms with E-state index in [0.29, 0.717) is 30.4 Å². The van der Waals surface area contributed by atoms with Gasteiger partial charge in [-0.25, -0.2) is 9.38 Å². The zero-order chi connectivity index (χ0) is 21.1. The molecule has 0 aromatic heterocycles. The third kappa shape index (κ3) is 8.98. The van der Waals surface area contributed by atoms with Crippen molar-refractivity contribution in [3.8, 4) is 5.75 Å². The van der Waals surface area contributed by atoms with Gasteiger partial charge in [-0.05, 0) is 62.2 Å². The second kappa shape index (κ2) is 13.8. The van der Waals surface area contributed by atoms with Crippen LogP contribution in [0.5, 0.6) is 5.75 Å². The number of ether oxygens (including phenoxy) is 1. The van der Waals surface area contributed by atoms with E-state index in [9.17, 15) is 9.18 Å². The van der Waals surface area contributed by atoms with Gasteiger partial charge in [0.2, 0.25) is 0 Å². The van der Waals surface area contributed by atoms with Crippen LogP contribution in [0, 0.1) is 5.82 Å². The summed E-state index contributed by atoms with van der Waals surface area (Å²) in [6.07, 6.45) is 0.608. The largest absolute Gasteiger partial charge is 0.489 e. The summed E-state index contributed by atoms with van der Waals surface area (Å²) < 4.78 is 18.7. The predicted molar refractivity (Wildman–Crippen MR) is 129 cm³/mol. The number of halogens is 2. The Bertz CT molecular complexity index is 815. The second-order valence-electron chi connectivity index (χ2n) is 6.56. The van der Waals surface area contributed by atoms with E-state index < -0.39 is 0 Å². The van der Waals surface area contributed by atoms with Crippen molar-refractivity contribution in [2.24, 2.45) is 4.99 Å². The quantitative estimate of drug-likeness (QED) is 0.265. The smallest absolute Gasteiger partial charge is 0.251 e. The fourth-order valence-electron chi connectivity index (χ4n) is 2.68. The summed E-state index contributed by atoms with van der Waals surface area (Å²) in [5, 5.41) is 9.13. The van der Waals surface area contributed by atoms with Gasteiger partial charge in [-0.1, -0.05) is 12.1 Å². The lowest BCUT2D eigenvalue weighted by atomic mass is 10.1. The van der Waals surface area contributed by atoms with Crippen LogP contribution in [-0.2, 0) is 6.42 Å². The van der Waals surface area contributed by atoms with Crippen molar-refractivity contribution < 1.29 is 13.9 Å². The van der Waals surface area contributed by atoms with Gasteiger partial charge in [0.15, 0.2) is 5.96 Å². The Labute approximate surface area is 194 Å². The van der Waals surface area contributed by atoms with Gasteiger partial charge in [-0.2, -0.15) is 0 Å². The summed E-state index contributed by atoms with van der Waals surface area (Å²) in [7, 11) is 1.62. The Hall–Kier alpha value is -2.36. The zero-order valence-corrected chi connectivity index (χ0v) is 19.9. The van der Waals surface area contributed by atoms with E-state index in [-0.39, 0.29) is 41.8 Å². The molecule has 0 bridgehead atoms. The average Bonchev–Trinajstić information content (AvgIpc) is 2.73. The first-order chi connectivity index (χ1) is 14.0. The van der Waals surface area contributed by atoms with Crippen LogP contribution in [0.1, 0.15) is 29.8 Å². The first kappa shape index (κ1) is 25.7. The van der Waals surface area contributed by atoms with E-state index in [2.05, 4.69) is 20.9 Å². The van der Waals surface area contributed by atoms with Crippen molar-refractivity contribution in [2.45, 2.75) is 26.4 Å². The number of benzene rings is 2. The highest BCUT2D eigenvalue weighted by molar-refractivity contribution is 14.0. The number of carbonyl (C=O) groups excluding carboxylic acids is 1. The Morgan fingerprint density at radius 2 is 1.90 bits per heavy atom. The Balaban J connectivity index is 0.00000450. The molecular formula is C22H30FIN4O2. The lowest BCUT2D eigenvalue weighted by Crippen LogP contribution is -2.39. The molecule has 0 radical (unpaired) electrons. The van der Waals surface area contributed by atoms with Crippen LogP contribution in [0.2, 0.25) is 0 Å². The maximum absolute atomic E-state index is 13.0. The van der Waals surface area contributed by atoms with Crippen LogP contribution in [0.4, 0.5) is 4.39 Å². The minimum absolute atomic E-state index is 0. The summed E-state index contributed by atoms with van der Waals surface area (Å²) >= 11 is 0. The van der Waals surface area contributed by atoms with Gasteiger partial charge in [-0.3, -0.25) is 4.79 Å². The molecule has 0 heterocycles. The van der Waals surface area contributed by atoms with E-state index in [4.69, 9.17) is 4.74 Å². The van der Waals surface area contributed by atoms with Gasteiger partial charge >= 0.3 is 0 Å². The molecule has 1 atom stereocenters. The first-order valence-corrected chi connectivity index (χ1v) is 9.77. The number of rotatable bonds is 9. The summed E-state index contributed by atoms with van der Waals surface area (Å²) in [5.74, 6) is 0.930. The van der Waals surface area contributed by atoms with Crippen LogP contribution in [-0.4, -0.2) is 44.7 Å². The lowest BCUT2D eigenvalue weighted by molar-refractivity contribution is 0.0963. The number of nitrogens with zero attached hydrogens (tertiary/aromatic N) is 1. The van der Waals surface area contributed by atoms with E-state index in [1.165, 1.54) is 12.1 Å². The van der Waals surface area contributed by atoms with Crippen LogP contribution in [0.3, 0.4) is 0 Å². The van der Waals surface area contributed by atoms with E-state index in [1.54, 1.807) is 25.2 Å². The number of hydrogen-bond donors (Lipinski definition) is 3. The molecule has 6 nitrogen and oxygen atoms in total. The third-order valence-electron chi connectivity index (χ3n) is 4.12. The van der Waals surface area contributed by atoms with E-state index in [1.807, 2.05) is 32.0 Å². The van der Waals surface area contributed by atoms with Crippen molar-refractivity contribution in [2.75, 3.05) is 26.7 Å². The second-order valence-corrected chi connectivity index (χ2v) is 6.56. The number of aliphatic imine (C=N–C) groups is 1. The molecule has 8 heteroatoms. The average molecular weight is 528 g/mol.